The number of rotatable bonds is 3. The SMILES string of the molecule is Cc1ccc(C(C)Nc2ccc(F)c(C#N)c2)cc1F. The van der Waals surface area contributed by atoms with Crippen LogP contribution in [0.1, 0.15) is 29.7 Å². The van der Waals surface area contributed by atoms with Crippen LogP contribution in [-0.2, 0) is 0 Å². The maximum Gasteiger partial charge on any atom is 0.141 e. The van der Waals surface area contributed by atoms with Crippen LogP contribution in [-0.4, -0.2) is 0 Å². The zero-order chi connectivity index (χ0) is 14.7. The number of aryl methyl sites for hydroxylation is 1. The van der Waals surface area contributed by atoms with Gasteiger partial charge in [0, 0.05) is 11.7 Å². The topological polar surface area (TPSA) is 35.8 Å². The lowest BCUT2D eigenvalue weighted by Crippen LogP contribution is -2.07. The molecule has 2 nitrogen and oxygen atoms in total. The molecule has 0 amide bonds. The Morgan fingerprint density at radius 1 is 1.10 bits per heavy atom. The zero-order valence-corrected chi connectivity index (χ0v) is 11.2. The van der Waals surface area contributed by atoms with Crippen molar-refractivity contribution in [2.45, 2.75) is 19.9 Å². The van der Waals surface area contributed by atoms with Crippen molar-refractivity contribution in [2.75, 3.05) is 5.32 Å². The first kappa shape index (κ1) is 14.0. The van der Waals surface area contributed by atoms with E-state index in [0.29, 0.717) is 11.3 Å². The van der Waals surface area contributed by atoms with Gasteiger partial charge >= 0.3 is 0 Å². The van der Waals surface area contributed by atoms with Crippen LogP contribution in [0, 0.1) is 29.9 Å². The van der Waals surface area contributed by atoms with Crippen LogP contribution in [0.5, 0.6) is 0 Å². The van der Waals surface area contributed by atoms with Gasteiger partial charge in [-0.05, 0) is 49.2 Å². The van der Waals surface area contributed by atoms with Crippen LogP contribution >= 0.6 is 0 Å². The summed E-state index contributed by atoms with van der Waals surface area (Å²) in [6.45, 7) is 3.58. The predicted molar refractivity (Wildman–Crippen MR) is 74.3 cm³/mol. The van der Waals surface area contributed by atoms with Crippen molar-refractivity contribution in [3.8, 4) is 6.07 Å². The van der Waals surface area contributed by atoms with E-state index in [1.54, 1.807) is 25.1 Å². The van der Waals surface area contributed by atoms with Gasteiger partial charge in [-0.2, -0.15) is 5.26 Å². The van der Waals surface area contributed by atoms with E-state index in [9.17, 15) is 8.78 Å². The first-order valence-corrected chi connectivity index (χ1v) is 6.23. The number of nitrogens with one attached hydrogen (secondary N) is 1. The quantitative estimate of drug-likeness (QED) is 0.903. The second-order valence-corrected chi connectivity index (χ2v) is 4.68. The molecular weight excluding hydrogens is 258 g/mol. The van der Waals surface area contributed by atoms with E-state index in [1.165, 1.54) is 18.2 Å². The molecule has 1 N–H and O–H groups in total. The Kier molecular flexibility index (Phi) is 3.99. The molecule has 2 rings (SSSR count). The molecule has 0 radical (unpaired) electrons. The van der Waals surface area contributed by atoms with Gasteiger partial charge in [0.25, 0.3) is 0 Å². The highest BCUT2D eigenvalue weighted by Crippen LogP contribution is 2.22. The third kappa shape index (κ3) is 2.94. The third-order valence-corrected chi connectivity index (χ3v) is 3.17. The largest absolute Gasteiger partial charge is 0.378 e. The molecule has 1 atom stereocenters. The Labute approximate surface area is 116 Å². The summed E-state index contributed by atoms with van der Waals surface area (Å²) >= 11 is 0. The highest BCUT2D eigenvalue weighted by atomic mass is 19.1. The maximum absolute atomic E-state index is 13.5. The van der Waals surface area contributed by atoms with Crippen molar-refractivity contribution in [3.63, 3.8) is 0 Å². The second-order valence-electron chi connectivity index (χ2n) is 4.68. The molecule has 102 valence electrons. The van der Waals surface area contributed by atoms with Gasteiger partial charge < -0.3 is 5.32 Å². The summed E-state index contributed by atoms with van der Waals surface area (Å²) in [7, 11) is 0. The minimum absolute atomic E-state index is 0.0164. The van der Waals surface area contributed by atoms with Gasteiger partial charge in [0.2, 0.25) is 0 Å². The molecular formula is C16H14F2N2. The molecule has 2 aromatic carbocycles. The molecule has 0 aromatic heterocycles. The Hall–Kier alpha value is -2.41. The Balaban J connectivity index is 2.21. The van der Waals surface area contributed by atoms with Crippen LogP contribution in [0.4, 0.5) is 14.5 Å². The first-order chi connectivity index (χ1) is 9.51. The van der Waals surface area contributed by atoms with Crippen molar-refractivity contribution in [1.82, 2.24) is 0 Å². The molecule has 0 saturated carbocycles. The van der Waals surface area contributed by atoms with Gasteiger partial charge in [-0.15, -0.1) is 0 Å². The van der Waals surface area contributed by atoms with Gasteiger partial charge in [0.15, 0.2) is 0 Å². The molecule has 0 aliphatic rings. The van der Waals surface area contributed by atoms with Gasteiger partial charge in [0.05, 0.1) is 5.56 Å². The third-order valence-electron chi connectivity index (χ3n) is 3.17. The number of hydrogen-bond acceptors (Lipinski definition) is 2. The molecule has 0 bridgehead atoms. The molecule has 0 saturated heterocycles. The van der Waals surface area contributed by atoms with E-state index >= 15 is 0 Å². The van der Waals surface area contributed by atoms with Gasteiger partial charge in [0.1, 0.15) is 17.7 Å². The van der Waals surface area contributed by atoms with Crippen molar-refractivity contribution < 1.29 is 8.78 Å². The maximum atomic E-state index is 13.5. The van der Waals surface area contributed by atoms with Crippen molar-refractivity contribution in [3.05, 3.63) is 64.7 Å². The minimum atomic E-state index is -0.549. The van der Waals surface area contributed by atoms with Crippen molar-refractivity contribution >= 4 is 5.69 Å². The van der Waals surface area contributed by atoms with E-state index in [-0.39, 0.29) is 17.4 Å². The highest BCUT2D eigenvalue weighted by Gasteiger charge is 2.09. The predicted octanol–water partition coefficient (Wildman–Crippen LogP) is 4.32. The molecule has 2 aromatic rings. The van der Waals surface area contributed by atoms with Crippen LogP contribution in [0.25, 0.3) is 0 Å². The zero-order valence-electron chi connectivity index (χ0n) is 11.2. The lowest BCUT2D eigenvalue weighted by molar-refractivity contribution is 0.614. The van der Waals surface area contributed by atoms with Crippen LogP contribution in [0.2, 0.25) is 0 Å². The van der Waals surface area contributed by atoms with Crippen LogP contribution in [0.3, 0.4) is 0 Å². The van der Waals surface area contributed by atoms with E-state index in [1.807, 2.05) is 13.0 Å². The Bertz CT molecular complexity index is 675. The average molecular weight is 272 g/mol. The summed E-state index contributed by atoms with van der Waals surface area (Å²) in [6, 6.07) is 10.9. The summed E-state index contributed by atoms with van der Waals surface area (Å²) in [5.41, 5.74) is 1.99. The smallest absolute Gasteiger partial charge is 0.141 e. The van der Waals surface area contributed by atoms with E-state index in [4.69, 9.17) is 5.26 Å². The summed E-state index contributed by atoms with van der Waals surface area (Å²) in [5, 5.41) is 11.9. The molecule has 20 heavy (non-hydrogen) atoms. The molecule has 0 heterocycles. The van der Waals surface area contributed by atoms with E-state index in [2.05, 4.69) is 5.32 Å². The summed E-state index contributed by atoms with van der Waals surface area (Å²) in [6.07, 6.45) is 0. The fourth-order valence-corrected chi connectivity index (χ4v) is 1.91. The lowest BCUT2D eigenvalue weighted by atomic mass is 10.1. The fourth-order valence-electron chi connectivity index (χ4n) is 1.91. The number of nitriles is 1. The molecule has 1 unspecified atom stereocenters. The van der Waals surface area contributed by atoms with Gasteiger partial charge in [-0.1, -0.05) is 12.1 Å². The normalized spacial score (nSPS) is 11.8. The number of hydrogen-bond donors (Lipinski definition) is 1. The molecule has 4 heteroatoms. The molecule has 0 aliphatic heterocycles. The standard InChI is InChI=1S/C16H14F2N2/c1-10-3-4-12(8-16(10)18)11(2)20-14-5-6-15(17)13(7-14)9-19/h3-8,11,20H,1-2H3. The Morgan fingerprint density at radius 3 is 2.50 bits per heavy atom. The van der Waals surface area contributed by atoms with Gasteiger partial charge in [-0.25, -0.2) is 8.78 Å². The molecule has 0 aliphatic carbocycles. The monoisotopic (exact) mass is 272 g/mol. The molecule has 0 fully saturated rings. The summed E-state index contributed by atoms with van der Waals surface area (Å²) in [4.78, 5) is 0. The lowest BCUT2D eigenvalue weighted by Gasteiger charge is -2.16. The average Bonchev–Trinajstić information content (AvgIpc) is 2.43. The number of nitrogens with zero attached hydrogens (tertiary/aromatic N) is 1. The van der Waals surface area contributed by atoms with Crippen molar-refractivity contribution in [1.29, 1.82) is 5.26 Å². The first-order valence-electron chi connectivity index (χ1n) is 6.23. The number of halogens is 2. The summed E-state index contributed by atoms with van der Waals surface area (Å²) < 4.78 is 26.8. The Morgan fingerprint density at radius 2 is 1.85 bits per heavy atom. The van der Waals surface area contributed by atoms with Crippen molar-refractivity contribution in [2.24, 2.45) is 0 Å². The minimum Gasteiger partial charge on any atom is -0.378 e. The number of anilines is 1. The van der Waals surface area contributed by atoms with E-state index < -0.39 is 5.82 Å². The van der Waals surface area contributed by atoms with Gasteiger partial charge in [-0.3, -0.25) is 0 Å². The van der Waals surface area contributed by atoms with Crippen LogP contribution in [0.15, 0.2) is 36.4 Å². The highest BCUT2D eigenvalue weighted by molar-refractivity contribution is 5.51. The van der Waals surface area contributed by atoms with E-state index in [0.717, 1.165) is 5.56 Å². The summed E-state index contributed by atoms with van der Waals surface area (Å²) in [5.74, 6) is -0.806. The second kappa shape index (κ2) is 5.70. The number of benzene rings is 2. The molecule has 0 spiro atoms. The van der Waals surface area contributed by atoms with Crippen LogP contribution < -0.4 is 5.32 Å². The fraction of sp³-hybridized carbons (Fsp3) is 0.188.